The molecule has 1 heterocycles. The van der Waals surface area contributed by atoms with Gasteiger partial charge in [0.25, 0.3) is 5.91 Å². The van der Waals surface area contributed by atoms with Crippen molar-refractivity contribution in [2.24, 2.45) is 5.92 Å². The van der Waals surface area contributed by atoms with Crippen LogP contribution in [0.4, 0.5) is 0 Å². The average molecular weight is 597 g/mol. The summed E-state index contributed by atoms with van der Waals surface area (Å²) in [5.74, 6) is -0.681. The van der Waals surface area contributed by atoms with Crippen LogP contribution in [-0.2, 0) is 19.1 Å². The first-order chi connectivity index (χ1) is 20.1. The van der Waals surface area contributed by atoms with Gasteiger partial charge in [-0.25, -0.2) is 0 Å². The van der Waals surface area contributed by atoms with E-state index >= 15 is 0 Å². The van der Waals surface area contributed by atoms with Crippen molar-refractivity contribution in [3.8, 4) is 0 Å². The van der Waals surface area contributed by atoms with E-state index in [9.17, 15) is 19.5 Å². The van der Waals surface area contributed by atoms with Gasteiger partial charge >= 0.3 is 0 Å². The highest BCUT2D eigenvalue weighted by molar-refractivity contribution is 5.96. The summed E-state index contributed by atoms with van der Waals surface area (Å²) in [5.41, 5.74) is -0.0513. The van der Waals surface area contributed by atoms with Crippen LogP contribution in [0, 0.1) is 5.92 Å². The minimum atomic E-state index is -1.44. The number of likely N-dealkylation sites (tertiary alicyclic amines) is 1. The molecule has 1 aromatic carbocycles. The second-order valence-electron chi connectivity index (χ2n) is 13.6. The first-order valence-electron chi connectivity index (χ1n) is 15.5. The largest absolute Gasteiger partial charge is 0.387 e. The number of carbonyl (C=O) groups excluding carboxylic acids is 3. The maximum atomic E-state index is 13.7. The number of aliphatic hydroxyl groups is 1. The molecule has 0 radical (unpaired) electrons. The maximum absolute atomic E-state index is 13.7. The van der Waals surface area contributed by atoms with Crippen LogP contribution in [0.15, 0.2) is 54.8 Å². The number of benzene rings is 1. The Morgan fingerprint density at radius 3 is 2.23 bits per heavy atom. The molecule has 1 aromatic rings. The highest BCUT2D eigenvalue weighted by Gasteiger charge is 2.45. The second kappa shape index (κ2) is 14.5. The van der Waals surface area contributed by atoms with Crippen molar-refractivity contribution < 1.29 is 24.2 Å². The lowest BCUT2D eigenvalue weighted by Gasteiger charge is -2.38. The monoisotopic (exact) mass is 596 g/mol. The molecule has 2 aliphatic rings. The average Bonchev–Trinajstić information content (AvgIpc) is 3.40. The molecule has 0 bridgehead atoms. The molecule has 4 N–H and O–H groups in total. The molecule has 2 fully saturated rings. The van der Waals surface area contributed by atoms with E-state index < -0.39 is 35.3 Å². The molecule has 3 amide bonds. The first-order valence-corrected chi connectivity index (χ1v) is 15.5. The van der Waals surface area contributed by atoms with Crippen LogP contribution >= 0.6 is 0 Å². The third-order valence-electron chi connectivity index (χ3n) is 8.18. The van der Waals surface area contributed by atoms with E-state index in [4.69, 9.17) is 4.74 Å². The van der Waals surface area contributed by atoms with Gasteiger partial charge in [0, 0.05) is 23.9 Å². The van der Waals surface area contributed by atoms with E-state index in [2.05, 4.69) is 29.1 Å². The van der Waals surface area contributed by atoms with E-state index in [-0.39, 0.29) is 30.0 Å². The Balaban J connectivity index is 1.64. The molecule has 1 saturated carbocycles. The van der Waals surface area contributed by atoms with Crippen molar-refractivity contribution in [1.82, 2.24) is 20.9 Å². The summed E-state index contributed by atoms with van der Waals surface area (Å²) in [6, 6.07) is 8.73. The Labute approximate surface area is 257 Å². The zero-order valence-electron chi connectivity index (χ0n) is 26.9. The summed E-state index contributed by atoms with van der Waals surface area (Å²) >= 11 is 0. The molecule has 43 heavy (non-hydrogen) atoms. The third-order valence-corrected chi connectivity index (χ3v) is 8.18. The molecule has 9 heteroatoms. The molecule has 238 valence electrons. The zero-order chi connectivity index (χ0) is 31.9. The maximum Gasteiger partial charge on any atom is 0.255 e. The van der Waals surface area contributed by atoms with Crippen LogP contribution in [-0.4, -0.2) is 70.2 Å². The number of rotatable bonds is 14. The summed E-state index contributed by atoms with van der Waals surface area (Å²) in [4.78, 5) is 42.0. The fourth-order valence-electron chi connectivity index (χ4n) is 5.56. The van der Waals surface area contributed by atoms with Gasteiger partial charge in [-0.3, -0.25) is 14.4 Å². The van der Waals surface area contributed by atoms with E-state index in [0.717, 1.165) is 24.8 Å². The van der Waals surface area contributed by atoms with Crippen LogP contribution in [0.25, 0.3) is 0 Å². The van der Waals surface area contributed by atoms with Crippen molar-refractivity contribution in [2.45, 2.75) is 115 Å². The molecule has 1 aliphatic heterocycles. The smallest absolute Gasteiger partial charge is 0.255 e. The predicted octanol–water partition coefficient (Wildman–Crippen LogP) is 4.14. The molecule has 0 aromatic heterocycles. The molecule has 1 saturated heterocycles. The zero-order valence-corrected chi connectivity index (χ0v) is 26.9. The summed E-state index contributed by atoms with van der Waals surface area (Å²) in [7, 11) is 0. The summed E-state index contributed by atoms with van der Waals surface area (Å²) in [5, 5.41) is 20.0. The van der Waals surface area contributed by atoms with E-state index in [1.54, 1.807) is 0 Å². The molecule has 1 aliphatic carbocycles. The van der Waals surface area contributed by atoms with Crippen LogP contribution in [0.3, 0.4) is 0 Å². The molecule has 0 spiro atoms. The Morgan fingerprint density at radius 1 is 1.02 bits per heavy atom. The number of nitrogens with zero attached hydrogens (tertiary/aromatic N) is 1. The second-order valence-corrected chi connectivity index (χ2v) is 13.6. The van der Waals surface area contributed by atoms with Gasteiger partial charge in [-0.15, -0.1) is 0 Å². The number of hydrogen-bond acceptors (Lipinski definition) is 6. The Kier molecular flexibility index (Phi) is 11.6. The third kappa shape index (κ3) is 9.93. The normalized spacial score (nSPS) is 19.5. The van der Waals surface area contributed by atoms with Gasteiger partial charge in [-0.2, -0.15) is 0 Å². The molecule has 4 atom stereocenters. The summed E-state index contributed by atoms with van der Waals surface area (Å²) < 4.78 is 5.97. The van der Waals surface area contributed by atoms with Crippen LogP contribution < -0.4 is 16.0 Å². The van der Waals surface area contributed by atoms with Crippen LogP contribution in [0.5, 0.6) is 0 Å². The van der Waals surface area contributed by atoms with Crippen molar-refractivity contribution in [3.63, 3.8) is 0 Å². The van der Waals surface area contributed by atoms with Gasteiger partial charge < -0.3 is 30.7 Å². The lowest BCUT2D eigenvalue weighted by Crippen LogP contribution is -2.57. The minimum Gasteiger partial charge on any atom is -0.387 e. The van der Waals surface area contributed by atoms with Gasteiger partial charge in [0.2, 0.25) is 11.8 Å². The number of amides is 3. The fraction of sp³-hybridized carbons (Fsp3) is 0.618. The lowest BCUT2D eigenvalue weighted by atomic mass is 9.79. The van der Waals surface area contributed by atoms with E-state index in [0.29, 0.717) is 37.4 Å². The van der Waals surface area contributed by atoms with Gasteiger partial charge in [0.1, 0.15) is 6.04 Å². The van der Waals surface area contributed by atoms with Gasteiger partial charge in [-0.1, -0.05) is 62.8 Å². The Bertz CT molecular complexity index is 1150. The quantitative estimate of drug-likeness (QED) is 0.240. The van der Waals surface area contributed by atoms with Crippen molar-refractivity contribution in [2.75, 3.05) is 13.1 Å². The number of nitrogens with one attached hydrogen (secondary N) is 3. The lowest BCUT2D eigenvalue weighted by molar-refractivity contribution is -0.180. The molecule has 9 nitrogen and oxygen atoms in total. The SMILES string of the molecule is C=C(CNC(=O)C(=C)C(CC1CCC1)NC(=O)C1CCCN1C(=O)C(OC(C)(C)C)C(C)(C)O)NC(C)c1ccccc1. The Morgan fingerprint density at radius 2 is 1.67 bits per heavy atom. The number of hydrogen-bond donors (Lipinski definition) is 4. The van der Waals surface area contributed by atoms with E-state index in [1.165, 1.54) is 18.7 Å². The topological polar surface area (TPSA) is 120 Å². The molecular weight excluding hydrogens is 544 g/mol. The Hall–Kier alpha value is -3.17. The van der Waals surface area contributed by atoms with E-state index in [1.807, 2.05) is 58.0 Å². The first kappa shape index (κ1) is 34.3. The summed E-state index contributed by atoms with van der Waals surface area (Å²) in [6.07, 6.45) is 3.86. The molecule has 4 unspecified atom stereocenters. The van der Waals surface area contributed by atoms with Gasteiger partial charge in [0.15, 0.2) is 6.10 Å². The highest BCUT2D eigenvalue weighted by Crippen LogP contribution is 2.32. The predicted molar refractivity (Wildman–Crippen MR) is 169 cm³/mol. The van der Waals surface area contributed by atoms with Gasteiger partial charge in [0.05, 0.1) is 23.8 Å². The van der Waals surface area contributed by atoms with Crippen molar-refractivity contribution >= 4 is 17.7 Å². The van der Waals surface area contributed by atoms with Crippen LogP contribution in [0.1, 0.15) is 91.7 Å². The highest BCUT2D eigenvalue weighted by atomic mass is 16.5. The van der Waals surface area contributed by atoms with Crippen LogP contribution in [0.2, 0.25) is 0 Å². The van der Waals surface area contributed by atoms with Gasteiger partial charge in [-0.05, 0) is 72.3 Å². The number of carbonyl (C=O) groups is 3. The molecular formula is C34H52N4O5. The fourth-order valence-corrected chi connectivity index (χ4v) is 5.56. The molecule has 3 rings (SSSR count). The minimum absolute atomic E-state index is 0.0290. The standard InChI is InChI=1S/C34H52N4O5/c1-22(36-24(3)26-16-10-9-11-17-26)21-35-30(39)23(2)27(20-25-14-12-15-25)37-31(40)28-18-13-19-38(28)32(41)29(34(7,8)42)43-33(4,5)6/h9-11,16-17,24-25,27-29,36,42H,1-2,12-15,18-21H2,3-8H3,(H,35,39)(H,37,40). The summed E-state index contributed by atoms with van der Waals surface area (Å²) in [6.45, 7) is 19.3. The van der Waals surface area contributed by atoms with Crippen molar-refractivity contribution in [3.05, 3.63) is 60.3 Å². The number of ether oxygens (including phenoxy) is 1. The van der Waals surface area contributed by atoms with Crippen molar-refractivity contribution in [1.29, 1.82) is 0 Å².